The van der Waals surface area contributed by atoms with Gasteiger partial charge in [-0.2, -0.15) is 0 Å². The average Bonchev–Trinajstić information content (AvgIpc) is 2.31. The second kappa shape index (κ2) is 11.4. The molecular weight excluding hydrogens is 198 g/mol. The van der Waals surface area contributed by atoms with E-state index in [2.05, 4.69) is 25.7 Å². The van der Waals surface area contributed by atoms with E-state index in [1.807, 2.05) is 0 Å². The summed E-state index contributed by atoms with van der Waals surface area (Å²) in [7, 11) is 0. The highest BCUT2D eigenvalue weighted by Gasteiger charge is 2.03. The maximum atomic E-state index is 9.67. The highest BCUT2D eigenvalue weighted by molar-refractivity contribution is 4.57. The van der Waals surface area contributed by atoms with Crippen LogP contribution in [0.25, 0.3) is 0 Å². The first-order valence-electron chi connectivity index (χ1n) is 7.14. The van der Waals surface area contributed by atoms with Gasteiger partial charge >= 0.3 is 0 Å². The largest absolute Gasteiger partial charge is 0.393 e. The van der Waals surface area contributed by atoms with Crippen LogP contribution >= 0.6 is 0 Å². The zero-order valence-electron chi connectivity index (χ0n) is 11.5. The second-order valence-electron chi connectivity index (χ2n) is 4.67. The van der Waals surface area contributed by atoms with Gasteiger partial charge in [-0.1, -0.05) is 46.5 Å². The van der Waals surface area contributed by atoms with Crippen molar-refractivity contribution in [3.63, 3.8) is 0 Å². The number of hydrogen-bond acceptors (Lipinski definition) is 2. The molecule has 0 fully saturated rings. The molecule has 0 saturated carbocycles. The van der Waals surface area contributed by atoms with E-state index >= 15 is 0 Å². The Morgan fingerprint density at radius 1 is 0.875 bits per heavy atom. The van der Waals surface area contributed by atoms with Gasteiger partial charge in [-0.05, 0) is 38.9 Å². The first kappa shape index (κ1) is 15.9. The second-order valence-corrected chi connectivity index (χ2v) is 4.67. The van der Waals surface area contributed by atoms with E-state index in [0.717, 1.165) is 25.9 Å². The molecule has 0 aliphatic carbocycles. The fourth-order valence-electron chi connectivity index (χ4n) is 2.02. The van der Waals surface area contributed by atoms with E-state index in [1.54, 1.807) is 0 Å². The fourth-order valence-corrected chi connectivity index (χ4v) is 2.02. The van der Waals surface area contributed by atoms with Gasteiger partial charge in [0, 0.05) is 0 Å². The van der Waals surface area contributed by atoms with E-state index in [-0.39, 0.29) is 6.10 Å². The highest BCUT2D eigenvalue weighted by Crippen LogP contribution is 2.09. The summed E-state index contributed by atoms with van der Waals surface area (Å²) in [5.41, 5.74) is 0. The SMILES string of the molecule is CCCC[C@H](O)CCCCCN(CC)CC. The smallest absolute Gasteiger partial charge is 0.0540 e. The van der Waals surface area contributed by atoms with E-state index in [1.165, 1.54) is 38.6 Å². The molecule has 0 aromatic carbocycles. The molecule has 2 heteroatoms. The zero-order valence-corrected chi connectivity index (χ0v) is 11.5. The Balaban J connectivity index is 3.25. The summed E-state index contributed by atoms with van der Waals surface area (Å²) >= 11 is 0. The van der Waals surface area contributed by atoms with Gasteiger partial charge in [-0.15, -0.1) is 0 Å². The summed E-state index contributed by atoms with van der Waals surface area (Å²) in [4.78, 5) is 2.47. The molecule has 0 aliphatic heterocycles. The summed E-state index contributed by atoms with van der Waals surface area (Å²) in [5, 5.41) is 9.67. The number of nitrogens with zero attached hydrogens (tertiary/aromatic N) is 1. The lowest BCUT2D eigenvalue weighted by Crippen LogP contribution is -2.23. The predicted octanol–water partition coefficient (Wildman–Crippen LogP) is 3.44. The van der Waals surface area contributed by atoms with Crippen LogP contribution in [0.15, 0.2) is 0 Å². The molecule has 0 aliphatic rings. The van der Waals surface area contributed by atoms with Gasteiger partial charge < -0.3 is 10.0 Å². The van der Waals surface area contributed by atoms with Gasteiger partial charge in [0.2, 0.25) is 0 Å². The van der Waals surface area contributed by atoms with Crippen LogP contribution in [0.2, 0.25) is 0 Å². The van der Waals surface area contributed by atoms with E-state index < -0.39 is 0 Å². The fraction of sp³-hybridized carbons (Fsp3) is 1.00. The summed E-state index contributed by atoms with van der Waals surface area (Å²) in [6, 6.07) is 0. The maximum Gasteiger partial charge on any atom is 0.0540 e. The van der Waals surface area contributed by atoms with Gasteiger partial charge in [-0.3, -0.25) is 0 Å². The van der Waals surface area contributed by atoms with Gasteiger partial charge in [-0.25, -0.2) is 0 Å². The summed E-state index contributed by atoms with van der Waals surface area (Å²) < 4.78 is 0. The molecule has 0 aromatic heterocycles. The molecule has 0 unspecified atom stereocenters. The molecule has 0 spiro atoms. The monoisotopic (exact) mass is 229 g/mol. The quantitative estimate of drug-likeness (QED) is 0.549. The van der Waals surface area contributed by atoms with Crippen LogP contribution in [0.5, 0.6) is 0 Å². The number of unbranched alkanes of at least 4 members (excludes halogenated alkanes) is 3. The molecule has 0 bridgehead atoms. The van der Waals surface area contributed by atoms with E-state index in [0.29, 0.717) is 0 Å². The molecule has 0 heterocycles. The predicted molar refractivity (Wildman–Crippen MR) is 71.8 cm³/mol. The third kappa shape index (κ3) is 9.17. The molecule has 2 nitrogen and oxygen atoms in total. The molecular formula is C14H31NO. The molecule has 1 atom stereocenters. The molecule has 0 amide bonds. The summed E-state index contributed by atoms with van der Waals surface area (Å²) in [6.07, 6.45) is 8.03. The minimum absolute atomic E-state index is 0.0478. The van der Waals surface area contributed by atoms with E-state index in [9.17, 15) is 5.11 Å². The normalized spacial score (nSPS) is 13.3. The van der Waals surface area contributed by atoms with Crippen LogP contribution in [0.4, 0.5) is 0 Å². The molecule has 98 valence electrons. The Labute approximate surface area is 102 Å². The standard InChI is InChI=1S/C14H31NO/c1-4-7-11-14(16)12-9-8-10-13-15(5-2)6-3/h14,16H,4-13H2,1-3H3/t14-/m0/s1. The Bertz CT molecular complexity index is 135. The number of hydrogen-bond donors (Lipinski definition) is 1. The minimum atomic E-state index is -0.0478. The summed E-state index contributed by atoms with van der Waals surface area (Å²) in [6.45, 7) is 10.2. The topological polar surface area (TPSA) is 23.5 Å². The molecule has 0 aromatic rings. The van der Waals surface area contributed by atoms with Crippen molar-refractivity contribution in [3.05, 3.63) is 0 Å². The lowest BCUT2D eigenvalue weighted by Gasteiger charge is -2.17. The van der Waals surface area contributed by atoms with E-state index in [4.69, 9.17) is 0 Å². The molecule has 16 heavy (non-hydrogen) atoms. The molecule has 0 radical (unpaired) electrons. The first-order chi connectivity index (χ1) is 7.74. The maximum absolute atomic E-state index is 9.67. The van der Waals surface area contributed by atoms with Crippen molar-refractivity contribution in [2.45, 2.75) is 71.8 Å². The number of aliphatic hydroxyl groups excluding tert-OH is 1. The third-order valence-electron chi connectivity index (χ3n) is 3.30. The van der Waals surface area contributed by atoms with Crippen LogP contribution < -0.4 is 0 Å². The Kier molecular flexibility index (Phi) is 11.3. The van der Waals surface area contributed by atoms with Crippen LogP contribution in [0.1, 0.15) is 65.7 Å². The van der Waals surface area contributed by atoms with Crippen molar-refractivity contribution in [3.8, 4) is 0 Å². The number of rotatable bonds is 11. The van der Waals surface area contributed by atoms with Crippen LogP contribution in [0, 0.1) is 0 Å². The third-order valence-corrected chi connectivity index (χ3v) is 3.30. The van der Waals surface area contributed by atoms with Crippen LogP contribution in [0.3, 0.4) is 0 Å². The minimum Gasteiger partial charge on any atom is -0.393 e. The molecule has 0 rings (SSSR count). The Morgan fingerprint density at radius 2 is 1.50 bits per heavy atom. The van der Waals surface area contributed by atoms with Crippen LogP contribution in [-0.2, 0) is 0 Å². The first-order valence-corrected chi connectivity index (χ1v) is 7.14. The van der Waals surface area contributed by atoms with Gasteiger partial charge in [0.15, 0.2) is 0 Å². The van der Waals surface area contributed by atoms with Crippen molar-refractivity contribution in [1.82, 2.24) is 4.90 Å². The van der Waals surface area contributed by atoms with Crippen molar-refractivity contribution < 1.29 is 5.11 Å². The lowest BCUT2D eigenvalue weighted by molar-refractivity contribution is 0.147. The Morgan fingerprint density at radius 3 is 2.06 bits per heavy atom. The van der Waals surface area contributed by atoms with Crippen molar-refractivity contribution in [2.75, 3.05) is 19.6 Å². The van der Waals surface area contributed by atoms with Gasteiger partial charge in [0.1, 0.15) is 0 Å². The number of aliphatic hydroxyl groups is 1. The lowest BCUT2D eigenvalue weighted by atomic mass is 10.1. The summed E-state index contributed by atoms with van der Waals surface area (Å²) in [5.74, 6) is 0. The molecule has 0 saturated heterocycles. The van der Waals surface area contributed by atoms with Crippen molar-refractivity contribution in [1.29, 1.82) is 0 Å². The Hall–Kier alpha value is -0.0800. The highest BCUT2D eigenvalue weighted by atomic mass is 16.3. The van der Waals surface area contributed by atoms with Crippen molar-refractivity contribution >= 4 is 0 Å². The van der Waals surface area contributed by atoms with Crippen molar-refractivity contribution in [2.24, 2.45) is 0 Å². The zero-order chi connectivity index (χ0) is 12.2. The van der Waals surface area contributed by atoms with Crippen LogP contribution in [-0.4, -0.2) is 35.7 Å². The van der Waals surface area contributed by atoms with Gasteiger partial charge in [0.05, 0.1) is 6.10 Å². The average molecular weight is 229 g/mol. The molecule has 1 N–H and O–H groups in total. The van der Waals surface area contributed by atoms with Gasteiger partial charge in [0.25, 0.3) is 0 Å².